The quantitative estimate of drug-likeness (QED) is 0.389. The lowest BCUT2D eigenvalue weighted by atomic mass is 9.33. The molecular weight excluding hydrogens is 432 g/mol. The molecule has 182 valence electrons. The second-order valence-corrected chi connectivity index (χ2v) is 12.1. The number of hydrogen-bond donors (Lipinski definition) is 0. The Morgan fingerprint density at radius 1 is 0.714 bits per heavy atom. The molecule has 4 nitrogen and oxygen atoms in total. The number of hydrogen-bond acceptors (Lipinski definition) is 4. The maximum absolute atomic E-state index is 9.04. The Morgan fingerprint density at radius 2 is 1.20 bits per heavy atom. The molecule has 4 heteroatoms. The number of nitrogens with zero attached hydrogens (tertiary/aromatic N) is 2. The summed E-state index contributed by atoms with van der Waals surface area (Å²) in [6.07, 6.45) is 14.9. The first-order chi connectivity index (χ1) is 16.8. The molecule has 4 aliphatic rings. The fourth-order valence-corrected chi connectivity index (χ4v) is 9.13. The van der Waals surface area contributed by atoms with E-state index >= 15 is 0 Å². The van der Waals surface area contributed by atoms with E-state index in [-0.39, 0.29) is 10.8 Å². The molecule has 2 atom stereocenters. The van der Waals surface area contributed by atoms with Gasteiger partial charge in [0.2, 0.25) is 0 Å². The van der Waals surface area contributed by atoms with Crippen molar-refractivity contribution in [1.29, 1.82) is 10.5 Å². The number of ether oxygens (including phenoxy) is 2. The van der Waals surface area contributed by atoms with Crippen LogP contribution in [0.5, 0.6) is 11.5 Å². The molecule has 4 saturated carbocycles. The van der Waals surface area contributed by atoms with Crippen molar-refractivity contribution in [3.8, 4) is 24.0 Å². The van der Waals surface area contributed by atoms with Crippen molar-refractivity contribution in [1.82, 2.24) is 0 Å². The first kappa shape index (κ1) is 23.7. The van der Waals surface area contributed by atoms with Gasteiger partial charge in [0.1, 0.15) is 11.5 Å². The van der Waals surface area contributed by atoms with E-state index in [0.717, 1.165) is 17.5 Å². The molecule has 4 aliphatic carbocycles. The Hall–Kier alpha value is -2.98. The Balaban J connectivity index is 1.67. The monoisotopic (exact) mass is 468 g/mol. The van der Waals surface area contributed by atoms with Gasteiger partial charge in [-0.2, -0.15) is 0 Å². The average molecular weight is 469 g/mol. The topological polar surface area (TPSA) is 66.0 Å². The van der Waals surface area contributed by atoms with Crippen LogP contribution in [-0.2, 0) is 10.8 Å². The van der Waals surface area contributed by atoms with Crippen molar-refractivity contribution in [3.05, 3.63) is 58.7 Å². The Kier molecular flexibility index (Phi) is 5.63. The highest BCUT2D eigenvalue weighted by Gasteiger charge is 2.67. The summed E-state index contributed by atoms with van der Waals surface area (Å²) in [6.45, 7) is 8.85. The van der Waals surface area contributed by atoms with Gasteiger partial charge in [-0.1, -0.05) is 51.0 Å². The molecule has 0 N–H and O–H groups in total. The fraction of sp³-hybridized carbons (Fsp3) is 0.548. The number of nitriles is 2. The van der Waals surface area contributed by atoms with Crippen LogP contribution in [0.3, 0.4) is 0 Å². The third kappa shape index (κ3) is 3.70. The van der Waals surface area contributed by atoms with Gasteiger partial charge in [-0.05, 0) is 115 Å². The molecule has 0 aromatic heterocycles. The summed E-state index contributed by atoms with van der Waals surface area (Å²) in [6, 6.07) is 13.1. The summed E-state index contributed by atoms with van der Waals surface area (Å²) >= 11 is 0. The molecule has 2 aromatic carbocycles. The third-order valence-electron chi connectivity index (χ3n) is 9.70. The first-order valence-electron chi connectivity index (χ1n) is 13.1. The van der Waals surface area contributed by atoms with Gasteiger partial charge < -0.3 is 9.47 Å². The number of benzene rings is 2. The maximum Gasteiger partial charge on any atom is 0.292 e. The zero-order chi connectivity index (χ0) is 24.9. The van der Waals surface area contributed by atoms with E-state index < -0.39 is 0 Å². The molecule has 0 heterocycles. The van der Waals surface area contributed by atoms with Crippen molar-refractivity contribution in [2.45, 2.75) is 96.3 Å². The van der Waals surface area contributed by atoms with Crippen LogP contribution in [0.1, 0.15) is 93.9 Å². The third-order valence-corrected chi connectivity index (χ3v) is 9.70. The lowest BCUT2D eigenvalue weighted by Crippen LogP contribution is -2.64. The minimum absolute atomic E-state index is 0.131. The standard InChI is InChI=1S/C31H36N2O2/c1-5-11-29-14-28(6-2)15-30(17-29,24-7-9-26(34-20-32)22(3)12-24)19-31(16-28,18-29)25-8-10-27(35-21-33)23(4)13-25/h7-10,12-13H,5-6,11,14-19H2,1-4H3. The van der Waals surface area contributed by atoms with Gasteiger partial charge >= 0.3 is 0 Å². The Labute approximate surface area is 209 Å². The summed E-state index contributed by atoms with van der Waals surface area (Å²) in [5, 5.41) is 18.1. The van der Waals surface area contributed by atoms with Crippen LogP contribution >= 0.6 is 0 Å². The van der Waals surface area contributed by atoms with Crippen LogP contribution in [0.4, 0.5) is 0 Å². The molecule has 0 aliphatic heterocycles. The van der Waals surface area contributed by atoms with E-state index in [0.29, 0.717) is 22.3 Å². The van der Waals surface area contributed by atoms with Crippen molar-refractivity contribution in [3.63, 3.8) is 0 Å². The van der Waals surface area contributed by atoms with Gasteiger partial charge in [0.25, 0.3) is 12.5 Å². The molecule has 0 amide bonds. The van der Waals surface area contributed by atoms with Gasteiger partial charge in [0.05, 0.1) is 0 Å². The van der Waals surface area contributed by atoms with Gasteiger partial charge in [0, 0.05) is 0 Å². The minimum Gasteiger partial charge on any atom is -0.388 e. The predicted molar refractivity (Wildman–Crippen MR) is 136 cm³/mol. The molecule has 0 spiro atoms. The predicted octanol–water partition coefficient (Wildman–Crippen LogP) is 7.76. The van der Waals surface area contributed by atoms with Gasteiger partial charge in [0.15, 0.2) is 0 Å². The fourth-order valence-electron chi connectivity index (χ4n) is 9.13. The molecule has 2 unspecified atom stereocenters. The molecule has 4 bridgehead atoms. The van der Waals surface area contributed by atoms with E-state index in [1.165, 1.54) is 62.5 Å². The van der Waals surface area contributed by atoms with E-state index in [1.54, 1.807) is 0 Å². The Bertz CT molecular complexity index is 1150. The Morgan fingerprint density at radius 3 is 1.60 bits per heavy atom. The number of rotatable bonds is 7. The molecule has 0 radical (unpaired) electrons. The highest BCUT2D eigenvalue weighted by atomic mass is 16.5. The molecular formula is C31H36N2O2. The molecule has 0 saturated heterocycles. The maximum atomic E-state index is 9.04. The average Bonchev–Trinajstić information content (AvgIpc) is 2.81. The van der Waals surface area contributed by atoms with Crippen LogP contribution in [0.2, 0.25) is 0 Å². The van der Waals surface area contributed by atoms with Crippen LogP contribution in [0.15, 0.2) is 36.4 Å². The normalized spacial score (nSPS) is 32.6. The van der Waals surface area contributed by atoms with Crippen LogP contribution in [0.25, 0.3) is 0 Å². The lowest BCUT2D eigenvalue weighted by molar-refractivity contribution is -0.146. The highest BCUT2D eigenvalue weighted by Crippen LogP contribution is 2.76. The summed E-state index contributed by atoms with van der Waals surface area (Å²) in [5.41, 5.74) is 5.87. The van der Waals surface area contributed by atoms with E-state index in [9.17, 15) is 0 Å². The van der Waals surface area contributed by atoms with Crippen molar-refractivity contribution in [2.75, 3.05) is 0 Å². The highest BCUT2D eigenvalue weighted by molar-refractivity contribution is 5.47. The lowest BCUT2D eigenvalue weighted by Gasteiger charge is -2.71. The molecule has 35 heavy (non-hydrogen) atoms. The summed E-state index contributed by atoms with van der Waals surface area (Å²) in [5.74, 6) is 1.32. The van der Waals surface area contributed by atoms with Gasteiger partial charge in [-0.25, -0.2) is 0 Å². The SMILES string of the molecule is CCCC12CC3(CC)CC(c4ccc(OC#N)c(C)c4)(C1)CC(c1ccc(OC#N)c(C)c1)(C3)C2. The van der Waals surface area contributed by atoms with E-state index in [1.807, 2.05) is 24.6 Å². The molecule has 4 fully saturated rings. The van der Waals surface area contributed by atoms with Crippen molar-refractivity contribution < 1.29 is 9.47 Å². The smallest absolute Gasteiger partial charge is 0.292 e. The summed E-state index contributed by atoms with van der Waals surface area (Å²) in [7, 11) is 0. The number of aryl methyl sites for hydroxylation is 2. The first-order valence-corrected chi connectivity index (χ1v) is 13.1. The zero-order valence-electron chi connectivity index (χ0n) is 21.5. The molecule has 2 aromatic rings. The summed E-state index contributed by atoms with van der Waals surface area (Å²) < 4.78 is 10.4. The molecule has 6 rings (SSSR count). The second kappa shape index (κ2) is 8.30. The largest absolute Gasteiger partial charge is 0.388 e. The minimum atomic E-state index is 0.131. The van der Waals surface area contributed by atoms with Crippen LogP contribution < -0.4 is 9.47 Å². The van der Waals surface area contributed by atoms with Gasteiger partial charge in [-0.15, -0.1) is 10.5 Å². The zero-order valence-corrected chi connectivity index (χ0v) is 21.5. The van der Waals surface area contributed by atoms with E-state index in [2.05, 4.69) is 52.0 Å². The van der Waals surface area contributed by atoms with E-state index in [4.69, 9.17) is 20.0 Å². The van der Waals surface area contributed by atoms with Gasteiger partial charge in [-0.3, -0.25) is 0 Å². The van der Waals surface area contributed by atoms with Crippen molar-refractivity contribution >= 4 is 0 Å². The van der Waals surface area contributed by atoms with Crippen molar-refractivity contribution in [2.24, 2.45) is 10.8 Å². The second-order valence-electron chi connectivity index (χ2n) is 12.1. The van der Waals surface area contributed by atoms with Crippen LogP contribution in [0, 0.1) is 47.7 Å². The summed E-state index contributed by atoms with van der Waals surface area (Å²) in [4.78, 5) is 0. The van der Waals surface area contributed by atoms with Crippen LogP contribution in [-0.4, -0.2) is 0 Å².